The van der Waals surface area contributed by atoms with E-state index in [1.807, 2.05) is 0 Å². The highest BCUT2D eigenvalue weighted by Gasteiger charge is 2.31. The first-order valence-electron chi connectivity index (χ1n) is 21.2. The summed E-state index contributed by atoms with van der Waals surface area (Å²) >= 11 is 0. The molecule has 0 saturated carbocycles. The Balaban J connectivity index is 2.18. The van der Waals surface area contributed by atoms with E-state index in [4.69, 9.17) is 0 Å². The molecule has 0 fully saturated rings. The van der Waals surface area contributed by atoms with Crippen molar-refractivity contribution in [1.82, 2.24) is 0 Å². The fourth-order valence-corrected chi connectivity index (χ4v) is 7.81. The lowest BCUT2D eigenvalue weighted by Gasteiger charge is -2.20. The lowest BCUT2D eigenvalue weighted by atomic mass is 9.87. The van der Waals surface area contributed by atoms with Gasteiger partial charge in [0.2, 0.25) is 11.4 Å². The molecule has 49 heavy (non-hydrogen) atoms. The van der Waals surface area contributed by atoms with E-state index in [1.165, 1.54) is 137 Å². The van der Waals surface area contributed by atoms with E-state index in [9.17, 15) is 5.53 Å². The van der Waals surface area contributed by atoms with Crippen LogP contribution in [0.4, 0.5) is 0 Å². The topological polar surface area (TPSA) is 25.3 Å². The summed E-state index contributed by atoms with van der Waals surface area (Å²) in [5.41, 5.74) is 27.4. The van der Waals surface area contributed by atoms with E-state index in [1.54, 1.807) is 27.0 Å². The monoisotopic (exact) mass is 667 g/mol. The molecule has 0 aromatic heterocycles. The first-order valence-corrected chi connectivity index (χ1v) is 21.2. The SMILES string of the molecule is CCCCCc1cc(C2=C(CCCC)C=C(c3cc(CCCC)c(CCCC)c(CCCC)c3)[N+]2=[N-])cc(CCCCC)c1CCCCC. The second kappa shape index (κ2) is 23.1. The van der Waals surface area contributed by atoms with Gasteiger partial charge in [-0.25, -0.2) is 4.70 Å². The van der Waals surface area contributed by atoms with Gasteiger partial charge in [0.05, 0.1) is 0 Å². The molecule has 0 radical (unpaired) electrons. The molecule has 2 heteroatoms. The number of unbranched alkanes of at least 4 members (excludes halogenated alkanes) is 10. The minimum atomic E-state index is 0.978. The molecule has 0 unspecified atom stereocenters. The Kier molecular flexibility index (Phi) is 19.3. The van der Waals surface area contributed by atoms with Crippen molar-refractivity contribution in [2.45, 2.75) is 203 Å². The molecule has 0 amide bonds. The van der Waals surface area contributed by atoms with Crippen molar-refractivity contribution in [3.05, 3.63) is 86.0 Å². The number of nitrogens with zero attached hydrogens (tertiary/aromatic N) is 2. The van der Waals surface area contributed by atoms with Gasteiger partial charge in [-0.1, -0.05) is 113 Å². The molecule has 2 nitrogen and oxygen atoms in total. The van der Waals surface area contributed by atoms with Crippen LogP contribution in [-0.2, 0) is 38.5 Å². The summed E-state index contributed by atoms with van der Waals surface area (Å²) in [5.74, 6) is 0. The first kappa shape index (κ1) is 40.9. The van der Waals surface area contributed by atoms with Gasteiger partial charge in [-0.3, -0.25) is 0 Å². The summed E-state index contributed by atoms with van der Waals surface area (Å²) in [6.45, 7) is 16.2. The maximum Gasteiger partial charge on any atom is 0.210 e. The van der Waals surface area contributed by atoms with Crippen LogP contribution in [0, 0.1) is 0 Å². The molecule has 0 bridgehead atoms. The van der Waals surface area contributed by atoms with Gasteiger partial charge in [0, 0.05) is 22.8 Å². The first-order chi connectivity index (χ1) is 24.0. The maximum atomic E-state index is 12.3. The van der Waals surface area contributed by atoms with Crippen LogP contribution < -0.4 is 0 Å². The van der Waals surface area contributed by atoms with E-state index in [0.29, 0.717) is 0 Å². The normalized spacial score (nSPS) is 13.2. The number of benzene rings is 2. The molecule has 0 atom stereocenters. The standard InChI is InChI=1S/C47H74N2/c1-8-15-22-28-39-34-43(35-40(29-23-16-9-2)45(39)31-24-17-10-3)47-41(27-20-13-6)36-46(49(47)48)42-32-37(25-18-11-4)44(30-21-14-7)38(33-42)26-19-12-5/h32-36H,8-31H2,1-7H3. The minimum Gasteiger partial charge on any atom is -0.493 e. The Bertz CT molecular complexity index is 1300. The largest absolute Gasteiger partial charge is 0.493 e. The molecule has 2 aromatic rings. The van der Waals surface area contributed by atoms with Crippen molar-refractivity contribution in [3.8, 4) is 0 Å². The third kappa shape index (κ3) is 12.1. The second-order valence-corrected chi connectivity index (χ2v) is 15.0. The highest BCUT2D eigenvalue weighted by Crippen LogP contribution is 2.40. The van der Waals surface area contributed by atoms with Gasteiger partial charge in [-0.2, -0.15) is 0 Å². The fraction of sp³-hybridized carbons (Fsp3) is 0.660. The van der Waals surface area contributed by atoms with Gasteiger partial charge in [0.1, 0.15) is 0 Å². The lowest BCUT2D eigenvalue weighted by Crippen LogP contribution is -2.09. The maximum absolute atomic E-state index is 12.3. The molecular formula is C47H74N2. The van der Waals surface area contributed by atoms with Crippen molar-refractivity contribution >= 4 is 11.4 Å². The van der Waals surface area contributed by atoms with Gasteiger partial charge in [-0.15, -0.1) is 0 Å². The predicted octanol–water partition coefficient (Wildman–Crippen LogP) is 14.9. The van der Waals surface area contributed by atoms with Crippen molar-refractivity contribution in [2.24, 2.45) is 0 Å². The van der Waals surface area contributed by atoms with Crippen molar-refractivity contribution < 1.29 is 4.70 Å². The number of allylic oxidation sites excluding steroid dienone is 2. The Labute approximate surface area is 303 Å². The zero-order chi connectivity index (χ0) is 35.4. The average Bonchev–Trinajstić information content (AvgIpc) is 3.44. The van der Waals surface area contributed by atoms with Crippen LogP contribution in [0.1, 0.15) is 209 Å². The van der Waals surface area contributed by atoms with Crippen LogP contribution in [-0.4, -0.2) is 4.70 Å². The fourth-order valence-electron chi connectivity index (χ4n) is 7.81. The van der Waals surface area contributed by atoms with Crippen LogP contribution >= 0.6 is 0 Å². The van der Waals surface area contributed by atoms with Crippen LogP contribution in [0.3, 0.4) is 0 Å². The van der Waals surface area contributed by atoms with Crippen molar-refractivity contribution in [2.75, 3.05) is 0 Å². The van der Waals surface area contributed by atoms with Gasteiger partial charge >= 0.3 is 0 Å². The van der Waals surface area contributed by atoms with Gasteiger partial charge < -0.3 is 5.53 Å². The molecule has 1 heterocycles. The van der Waals surface area contributed by atoms with E-state index in [2.05, 4.69) is 78.8 Å². The van der Waals surface area contributed by atoms with Crippen LogP contribution in [0.5, 0.6) is 0 Å². The number of aryl methyl sites for hydroxylation is 4. The quantitative estimate of drug-likeness (QED) is 0.0705. The smallest absolute Gasteiger partial charge is 0.210 e. The Morgan fingerprint density at radius 1 is 0.408 bits per heavy atom. The molecule has 3 rings (SSSR count). The van der Waals surface area contributed by atoms with Crippen molar-refractivity contribution in [3.63, 3.8) is 0 Å². The van der Waals surface area contributed by atoms with E-state index < -0.39 is 0 Å². The van der Waals surface area contributed by atoms with Crippen LogP contribution in [0.2, 0.25) is 0 Å². The third-order valence-corrected chi connectivity index (χ3v) is 10.8. The number of hydrogen-bond donors (Lipinski definition) is 0. The molecular weight excluding hydrogens is 593 g/mol. The average molecular weight is 667 g/mol. The molecule has 1 aliphatic heterocycles. The highest BCUT2D eigenvalue weighted by molar-refractivity contribution is 5.79. The van der Waals surface area contributed by atoms with Crippen LogP contribution in [0.15, 0.2) is 35.9 Å². The Morgan fingerprint density at radius 2 is 0.755 bits per heavy atom. The number of rotatable bonds is 26. The summed E-state index contributed by atoms with van der Waals surface area (Å²) in [4.78, 5) is 0. The summed E-state index contributed by atoms with van der Waals surface area (Å²) in [6, 6.07) is 9.90. The van der Waals surface area contributed by atoms with E-state index in [0.717, 1.165) is 56.3 Å². The zero-order valence-corrected chi connectivity index (χ0v) is 33.3. The molecule has 0 spiro atoms. The highest BCUT2D eigenvalue weighted by atomic mass is 15.2. The molecule has 272 valence electrons. The predicted molar refractivity (Wildman–Crippen MR) is 216 cm³/mol. The Hall–Kier alpha value is -2.48. The van der Waals surface area contributed by atoms with E-state index in [-0.39, 0.29) is 0 Å². The van der Waals surface area contributed by atoms with Gasteiger partial charge in [0.15, 0.2) is 0 Å². The second-order valence-electron chi connectivity index (χ2n) is 15.0. The summed E-state index contributed by atoms with van der Waals surface area (Å²) < 4.78 is 1.61. The summed E-state index contributed by atoms with van der Waals surface area (Å²) in [7, 11) is 0. The Morgan fingerprint density at radius 3 is 1.20 bits per heavy atom. The number of hydrogen-bond acceptors (Lipinski definition) is 0. The van der Waals surface area contributed by atoms with Crippen molar-refractivity contribution in [1.29, 1.82) is 0 Å². The molecule has 2 aromatic carbocycles. The molecule has 0 N–H and O–H groups in total. The van der Waals surface area contributed by atoms with Gasteiger partial charge in [0.25, 0.3) is 0 Å². The zero-order valence-electron chi connectivity index (χ0n) is 33.3. The molecule has 0 saturated heterocycles. The summed E-state index contributed by atoms with van der Waals surface area (Å²) in [5, 5.41) is 0. The van der Waals surface area contributed by atoms with E-state index >= 15 is 0 Å². The minimum absolute atomic E-state index is 0.978. The third-order valence-electron chi connectivity index (χ3n) is 10.8. The molecule has 0 aliphatic carbocycles. The van der Waals surface area contributed by atoms with Crippen LogP contribution in [0.25, 0.3) is 16.9 Å². The molecule has 1 aliphatic rings. The van der Waals surface area contributed by atoms with Gasteiger partial charge in [-0.05, 0) is 148 Å². The lowest BCUT2D eigenvalue weighted by molar-refractivity contribution is -0.344. The summed E-state index contributed by atoms with van der Waals surface area (Å²) in [6.07, 6.45) is 31.3.